The molecule has 41 heavy (non-hydrogen) atoms. The Kier molecular flexibility index (Phi) is 23.0. The van der Waals surface area contributed by atoms with Gasteiger partial charge in [0.15, 0.2) is 0 Å². The number of hydrogen-bond acceptors (Lipinski definition) is 3. The van der Waals surface area contributed by atoms with Gasteiger partial charge in [-0.3, -0.25) is 0 Å². The Balaban J connectivity index is -0.000000149. The van der Waals surface area contributed by atoms with E-state index >= 15 is 0 Å². The third-order valence-electron chi connectivity index (χ3n) is 8.88. The number of benzene rings is 3. The summed E-state index contributed by atoms with van der Waals surface area (Å²) in [5.41, 5.74) is 17.2. The Hall–Kier alpha value is -1.90. The van der Waals surface area contributed by atoms with Crippen molar-refractivity contribution in [2.45, 2.75) is 111 Å². The third kappa shape index (κ3) is 10.1. The fourth-order valence-corrected chi connectivity index (χ4v) is 4.44. The van der Waals surface area contributed by atoms with E-state index in [-0.39, 0.29) is 56.4 Å². The molecule has 236 valence electrons. The zero-order chi connectivity index (χ0) is 28.4. The summed E-state index contributed by atoms with van der Waals surface area (Å²) in [6.07, 6.45) is 0. The van der Waals surface area contributed by atoms with Gasteiger partial charge in [0.2, 0.25) is 0 Å². The molecule has 0 saturated carbocycles. The molecule has 5 heteroatoms. The molecular weight excluding hydrogens is 590 g/mol. The number of phenolic OH excluding ortho intramolecular Hbond substituents is 3. The summed E-state index contributed by atoms with van der Waals surface area (Å²) in [4.78, 5) is 0. The second kappa shape index (κ2) is 19.3. The van der Waals surface area contributed by atoms with Gasteiger partial charge in [-0.25, -0.2) is 0 Å². The van der Waals surface area contributed by atoms with Gasteiger partial charge in [0, 0.05) is 34.1 Å². The molecule has 3 nitrogen and oxygen atoms in total. The molecule has 2 radical (unpaired) electrons. The fraction of sp³-hybridized carbons (Fsp3) is 0.444. The standard InChI is InChI=1S/3C11H16O.CH4.2CH3.2Mn/c3*1-6-7(2)9(4)11(12)10(5)8(6)3;;;;;/h3*12H,1-5H3;1H4;2*1H3;;/q;;;;2*-1;;. The topological polar surface area (TPSA) is 60.7 Å². The molecule has 0 bridgehead atoms. The first-order valence-corrected chi connectivity index (χ1v) is 12.7. The van der Waals surface area contributed by atoms with Crippen LogP contribution in [-0.2, 0) is 34.1 Å². The van der Waals surface area contributed by atoms with Crippen LogP contribution in [0.2, 0.25) is 0 Å². The van der Waals surface area contributed by atoms with E-state index in [1.807, 2.05) is 41.5 Å². The van der Waals surface area contributed by atoms with Crippen molar-refractivity contribution in [3.63, 3.8) is 0 Å². The van der Waals surface area contributed by atoms with Gasteiger partial charge in [-0.15, -0.1) is 0 Å². The molecule has 0 aliphatic carbocycles. The number of phenols is 3. The van der Waals surface area contributed by atoms with Crippen LogP contribution in [0.3, 0.4) is 0 Å². The molecule has 0 amide bonds. The van der Waals surface area contributed by atoms with Crippen LogP contribution < -0.4 is 0 Å². The second-order valence-corrected chi connectivity index (χ2v) is 10.4. The summed E-state index contributed by atoms with van der Waals surface area (Å²) in [5.74, 6) is 1.36. The molecule has 0 aliphatic heterocycles. The monoisotopic (exact) mass is 648 g/mol. The molecule has 0 fully saturated rings. The van der Waals surface area contributed by atoms with Crippen LogP contribution in [-0.4, -0.2) is 15.3 Å². The molecule has 3 rings (SSSR count). The number of aromatic hydroxyl groups is 3. The zero-order valence-corrected chi connectivity index (χ0v) is 30.5. The molecule has 0 spiro atoms. The SMILES string of the molecule is C.Cc1c(C)c(C)c(O)c(C)c1C.Cc1c(C)c(C)c(O)c(C)c1C.Cc1c(C)c(C)c(O)c(C)c1C.[CH3-].[CH3-].[Mn].[Mn]. The Labute approximate surface area is 275 Å². The number of rotatable bonds is 0. The molecule has 0 aromatic heterocycles. The van der Waals surface area contributed by atoms with Crippen molar-refractivity contribution < 1.29 is 49.5 Å². The first kappa shape index (κ1) is 48.8. The smallest absolute Gasteiger partial charge is 0.121 e. The van der Waals surface area contributed by atoms with Crippen LogP contribution in [0.5, 0.6) is 17.2 Å². The van der Waals surface area contributed by atoms with Crippen molar-refractivity contribution in [1.82, 2.24) is 0 Å². The zero-order valence-electron chi connectivity index (χ0n) is 28.1. The predicted molar refractivity (Wildman–Crippen MR) is 175 cm³/mol. The Bertz CT molecular complexity index is 830. The molecule has 0 atom stereocenters. The molecule has 0 saturated heterocycles. The summed E-state index contributed by atoms with van der Waals surface area (Å²) in [7, 11) is 0. The van der Waals surface area contributed by atoms with Gasteiger partial charge in [-0.1, -0.05) is 7.43 Å². The van der Waals surface area contributed by atoms with Gasteiger partial charge in [0.25, 0.3) is 0 Å². The molecule has 0 unspecified atom stereocenters. The number of hydrogen-bond donors (Lipinski definition) is 3. The van der Waals surface area contributed by atoms with Crippen LogP contribution in [0.25, 0.3) is 0 Å². The van der Waals surface area contributed by atoms with Crippen LogP contribution in [0.15, 0.2) is 0 Å². The molecule has 0 aliphatic rings. The quantitative estimate of drug-likeness (QED) is 0.168. The summed E-state index contributed by atoms with van der Waals surface area (Å²) in [5, 5.41) is 29.1. The Morgan fingerprint density at radius 3 is 0.415 bits per heavy atom. The summed E-state index contributed by atoms with van der Waals surface area (Å²) in [6.45, 7) is 30.4. The summed E-state index contributed by atoms with van der Waals surface area (Å²) >= 11 is 0. The maximum absolute atomic E-state index is 9.69. The maximum atomic E-state index is 9.69. The van der Waals surface area contributed by atoms with E-state index in [0.717, 1.165) is 33.4 Å². The van der Waals surface area contributed by atoms with Crippen molar-refractivity contribution in [3.8, 4) is 17.2 Å². The predicted octanol–water partition coefficient (Wildman–Crippen LogP) is 10.3. The first-order valence-electron chi connectivity index (χ1n) is 12.7. The van der Waals surface area contributed by atoms with E-state index in [2.05, 4.69) is 62.3 Å². The molecule has 3 N–H and O–H groups in total. The van der Waals surface area contributed by atoms with Crippen molar-refractivity contribution >= 4 is 0 Å². The van der Waals surface area contributed by atoms with E-state index in [1.54, 1.807) is 0 Å². The molecular formula is C36H58Mn2O3-2. The first-order chi connectivity index (χ1) is 16.4. The van der Waals surface area contributed by atoms with Gasteiger partial charge in [0.05, 0.1) is 0 Å². The van der Waals surface area contributed by atoms with Crippen LogP contribution in [0.4, 0.5) is 0 Å². The summed E-state index contributed by atoms with van der Waals surface area (Å²) < 4.78 is 0. The van der Waals surface area contributed by atoms with Gasteiger partial charge in [-0.2, -0.15) is 0 Å². The normalized spacial score (nSPS) is 9.15. The van der Waals surface area contributed by atoms with Gasteiger partial charge >= 0.3 is 0 Å². The fourth-order valence-electron chi connectivity index (χ4n) is 4.44. The van der Waals surface area contributed by atoms with Crippen LogP contribution >= 0.6 is 0 Å². The Morgan fingerprint density at radius 1 is 0.244 bits per heavy atom. The minimum atomic E-state index is 0. The van der Waals surface area contributed by atoms with E-state index in [4.69, 9.17) is 0 Å². The minimum Gasteiger partial charge on any atom is -0.507 e. The molecule has 3 aromatic rings. The van der Waals surface area contributed by atoms with Crippen molar-refractivity contribution in [1.29, 1.82) is 0 Å². The minimum absolute atomic E-state index is 0. The van der Waals surface area contributed by atoms with Gasteiger partial charge in [0.1, 0.15) is 17.2 Å². The van der Waals surface area contributed by atoms with Crippen molar-refractivity contribution in [3.05, 3.63) is 98.3 Å². The van der Waals surface area contributed by atoms with Gasteiger partial charge in [-0.05, 0) is 187 Å². The average Bonchev–Trinajstić information content (AvgIpc) is 2.87. The van der Waals surface area contributed by atoms with Crippen LogP contribution in [0.1, 0.15) is 90.9 Å². The van der Waals surface area contributed by atoms with Crippen molar-refractivity contribution in [2.75, 3.05) is 0 Å². The van der Waals surface area contributed by atoms with E-state index in [9.17, 15) is 15.3 Å². The van der Waals surface area contributed by atoms with Crippen LogP contribution in [0, 0.1) is 119 Å². The average molecular weight is 649 g/mol. The van der Waals surface area contributed by atoms with E-state index < -0.39 is 0 Å². The van der Waals surface area contributed by atoms with E-state index in [0.29, 0.717) is 17.2 Å². The van der Waals surface area contributed by atoms with Crippen molar-refractivity contribution in [2.24, 2.45) is 0 Å². The maximum Gasteiger partial charge on any atom is 0.121 e. The molecule has 3 aromatic carbocycles. The van der Waals surface area contributed by atoms with Gasteiger partial charge < -0.3 is 30.2 Å². The summed E-state index contributed by atoms with van der Waals surface area (Å²) in [6, 6.07) is 0. The third-order valence-corrected chi connectivity index (χ3v) is 8.88. The van der Waals surface area contributed by atoms with E-state index in [1.165, 1.54) is 50.1 Å². The largest absolute Gasteiger partial charge is 0.507 e. The molecule has 0 heterocycles. The Morgan fingerprint density at radius 2 is 0.317 bits per heavy atom. The second-order valence-electron chi connectivity index (χ2n) is 10.4.